The number of carboxylic acids is 1. The summed E-state index contributed by atoms with van der Waals surface area (Å²) in [5.41, 5.74) is 0.454. The number of hydrogen-bond acceptors (Lipinski definition) is 4. The number of halogens is 3. The second kappa shape index (κ2) is 5.25. The van der Waals surface area contributed by atoms with E-state index >= 15 is 0 Å². The van der Waals surface area contributed by atoms with Crippen LogP contribution in [-0.4, -0.2) is 44.5 Å². The van der Waals surface area contributed by atoms with E-state index in [4.69, 9.17) is 15.0 Å². The Morgan fingerprint density at radius 3 is 2.00 bits per heavy atom. The van der Waals surface area contributed by atoms with Crippen LogP contribution in [0.1, 0.15) is 12.8 Å². The molecule has 1 heterocycles. The van der Waals surface area contributed by atoms with Gasteiger partial charge in [-0.15, -0.1) is 0 Å². The molecule has 0 atom stereocenters. The van der Waals surface area contributed by atoms with E-state index in [1.165, 1.54) is 0 Å². The first-order valence-electron chi connectivity index (χ1n) is 5.45. The van der Waals surface area contributed by atoms with Crippen LogP contribution in [0.5, 0.6) is 0 Å². The van der Waals surface area contributed by atoms with Gasteiger partial charge in [0.05, 0.1) is 5.75 Å². The first-order chi connectivity index (χ1) is 8.44. The fraction of sp³-hybridized carbons (Fsp3) is 0.889. The second-order valence-electron chi connectivity index (χ2n) is 5.01. The summed E-state index contributed by atoms with van der Waals surface area (Å²) >= 11 is 0. The Balaban J connectivity index is 0.000000224. The van der Waals surface area contributed by atoms with Crippen molar-refractivity contribution in [2.24, 2.45) is 16.5 Å². The van der Waals surface area contributed by atoms with Crippen LogP contribution < -0.4 is 10.5 Å². The highest BCUT2D eigenvalue weighted by Gasteiger charge is 2.48. The molecule has 0 amide bonds. The van der Waals surface area contributed by atoms with Gasteiger partial charge in [0.15, 0.2) is 0 Å². The molecule has 1 aliphatic heterocycles. The third kappa shape index (κ3) is 4.96. The Bertz CT molecular complexity index is 437. The molecule has 0 aromatic rings. The Hall–Kier alpha value is -0.870. The Morgan fingerprint density at radius 1 is 1.37 bits per heavy atom. The Labute approximate surface area is 108 Å². The van der Waals surface area contributed by atoms with Crippen molar-refractivity contribution in [3.63, 3.8) is 0 Å². The molecule has 2 rings (SSSR count). The van der Waals surface area contributed by atoms with Crippen LogP contribution >= 0.6 is 0 Å². The number of alkyl halides is 3. The van der Waals surface area contributed by atoms with Gasteiger partial charge in [-0.25, -0.2) is 18.4 Å². The minimum Gasteiger partial charge on any atom is -0.475 e. The first-order valence-corrected chi connectivity index (χ1v) is 7.16. The SMILES string of the molecule is NS(=O)(=O)CC1CC2(CNC2)C1.O=C(O)C(F)(F)F. The number of nitrogens with one attached hydrogen (secondary N) is 1. The zero-order valence-corrected chi connectivity index (χ0v) is 10.7. The topological polar surface area (TPSA) is 109 Å². The monoisotopic (exact) mass is 304 g/mol. The lowest BCUT2D eigenvalue weighted by atomic mass is 9.59. The highest BCUT2D eigenvalue weighted by molar-refractivity contribution is 7.89. The van der Waals surface area contributed by atoms with E-state index in [9.17, 15) is 21.6 Å². The van der Waals surface area contributed by atoms with Gasteiger partial charge in [-0.1, -0.05) is 0 Å². The zero-order chi connectivity index (χ0) is 14.9. The van der Waals surface area contributed by atoms with Gasteiger partial charge in [0, 0.05) is 13.1 Å². The number of aliphatic carboxylic acids is 1. The Morgan fingerprint density at radius 2 is 1.79 bits per heavy atom. The van der Waals surface area contributed by atoms with Gasteiger partial charge in [0.1, 0.15) is 0 Å². The van der Waals surface area contributed by atoms with Gasteiger partial charge in [0.2, 0.25) is 10.0 Å². The number of carboxylic acid groups (broad SMARTS) is 1. The molecule has 112 valence electrons. The van der Waals surface area contributed by atoms with Crippen LogP contribution in [0.3, 0.4) is 0 Å². The normalized spacial score (nSPS) is 21.9. The largest absolute Gasteiger partial charge is 0.490 e. The first kappa shape index (κ1) is 16.2. The molecule has 1 saturated carbocycles. The van der Waals surface area contributed by atoms with Crippen LogP contribution in [0.2, 0.25) is 0 Å². The van der Waals surface area contributed by atoms with Crippen molar-refractivity contribution < 1.29 is 31.5 Å². The fourth-order valence-corrected chi connectivity index (χ4v) is 3.27. The lowest BCUT2D eigenvalue weighted by Gasteiger charge is -2.54. The second-order valence-corrected chi connectivity index (χ2v) is 6.67. The number of nitrogens with two attached hydrogens (primary N) is 1. The van der Waals surface area contributed by atoms with Crippen molar-refractivity contribution >= 4 is 16.0 Å². The third-order valence-corrected chi connectivity index (χ3v) is 4.09. The molecule has 19 heavy (non-hydrogen) atoms. The summed E-state index contributed by atoms with van der Waals surface area (Å²) in [6.45, 7) is 2.13. The average molecular weight is 304 g/mol. The van der Waals surface area contributed by atoms with E-state index in [-0.39, 0.29) is 5.75 Å². The van der Waals surface area contributed by atoms with E-state index in [1.807, 2.05) is 0 Å². The molecule has 0 aromatic heterocycles. The van der Waals surface area contributed by atoms with E-state index < -0.39 is 22.2 Å². The molecule has 1 spiro atoms. The summed E-state index contributed by atoms with van der Waals surface area (Å²) in [6, 6.07) is 0. The highest BCUT2D eigenvalue weighted by Crippen LogP contribution is 2.48. The molecule has 1 saturated heterocycles. The van der Waals surface area contributed by atoms with Crippen molar-refractivity contribution in [2.45, 2.75) is 19.0 Å². The van der Waals surface area contributed by atoms with Crippen molar-refractivity contribution in [1.29, 1.82) is 0 Å². The molecule has 2 fully saturated rings. The van der Waals surface area contributed by atoms with E-state index in [0.29, 0.717) is 11.3 Å². The smallest absolute Gasteiger partial charge is 0.475 e. The maximum absolute atomic E-state index is 10.7. The van der Waals surface area contributed by atoms with Gasteiger partial charge >= 0.3 is 12.1 Å². The summed E-state index contributed by atoms with van der Waals surface area (Å²) in [4.78, 5) is 8.90. The molecule has 0 radical (unpaired) electrons. The van der Waals surface area contributed by atoms with Gasteiger partial charge in [-0.05, 0) is 24.2 Å². The molecule has 6 nitrogen and oxygen atoms in total. The highest BCUT2D eigenvalue weighted by atomic mass is 32.2. The number of hydrogen-bond donors (Lipinski definition) is 3. The van der Waals surface area contributed by atoms with Crippen molar-refractivity contribution in [3.8, 4) is 0 Å². The lowest BCUT2D eigenvalue weighted by molar-refractivity contribution is -0.192. The standard InChI is InChI=1S/C7H14N2O2S.C2HF3O2/c8-12(10,11)3-6-1-7(2-6)4-9-5-7;3-2(4,5)1(6)7/h6,9H,1-5H2,(H2,8,10,11);(H,6,7). The van der Waals surface area contributed by atoms with E-state index in [0.717, 1.165) is 25.9 Å². The van der Waals surface area contributed by atoms with E-state index in [2.05, 4.69) is 5.32 Å². The number of primary sulfonamides is 1. The van der Waals surface area contributed by atoms with Gasteiger partial charge in [0.25, 0.3) is 0 Å². The quantitative estimate of drug-likeness (QED) is 0.660. The van der Waals surface area contributed by atoms with Gasteiger partial charge < -0.3 is 10.4 Å². The maximum Gasteiger partial charge on any atom is 0.490 e. The summed E-state index contributed by atoms with van der Waals surface area (Å²) < 4.78 is 53.2. The minimum absolute atomic E-state index is 0.175. The number of sulfonamides is 1. The van der Waals surface area contributed by atoms with Gasteiger partial charge in [-0.2, -0.15) is 13.2 Å². The molecule has 4 N–H and O–H groups in total. The summed E-state index contributed by atoms with van der Waals surface area (Å²) in [5.74, 6) is -2.26. The summed E-state index contributed by atoms with van der Waals surface area (Å²) in [5, 5.41) is 15.3. The number of rotatable bonds is 2. The van der Waals surface area contributed by atoms with Crippen LogP contribution in [0.15, 0.2) is 0 Å². The predicted octanol–water partition coefficient (Wildman–Crippen LogP) is -0.0922. The van der Waals surface area contributed by atoms with Crippen molar-refractivity contribution in [1.82, 2.24) is 5.32 Å². The van der Waals surface area contributed by atoms with Crippen LogP contribution in [0.25, 0.3) is 0 Å². The average Bonchev–Trinajstić information content (AvgIpc) is 2.04. The molecular formula is C9H15F3N2O4S. The minimum atomic E-state index is -5.08. The van der Waals surface area contributed by atoms with Crippen LogP contribution in [0, 0.1) is 11.3 Å². The summed E-state index contributed by atoms with van der Waals surface area (Å²) in [7, 11) is -3.24. The van der Waals surface area contributed by atoms with Gasteiger partial charge in [-0.3, -0.25) is 0 Å². The molecule has 0 aromatic carbocycles. The fourth-order valence-electron chi connectivity index (χ4n) is 2.38. The maximum atomic E-state index is 10.7. The molecular weight excluding hydrogens is 289 g/mol. The molecule has 1 aliphatic carbocycles. The summed E-state index contributed by atoms with van der Waals surface area (Å²) in [6.07, 6.45) is -3.01. The predicted molar refractivity (Wildman–Crippen MR) is 59.7 cm³/mol. The van der Waals surface area contributed by atoms with Crippen molar-refractivity contribution in [2.75, 3.05) is 18.8 Å². The van der Waals surface area contributed by atoms with Crippen LogP contribution in [0.4, 0.5) is 13.2 Å². The van der Waals surface area contributed by atoms with Crippen LogP contribution in [-0.2, 0) is 14.8 Å². The molecule has 10 heteroatoms. The zero-order valence-electron chi connectivity index (χ0n) is 9.90. The van der Waals surface area contributed by atoms with E-state index in [1.54, 1.807) is 0 Å². The molecule has 0 bridgehead atoms. The lowest BCUT2D eigenvalue weighted by Crippen LogP contribution is -2.61. The third-order valence-electron chi connectivity index (χ3n) is 3.15. The number of carbonyl (C=O) groups is 1. The Kier molecular flexibility index (Phi) is 4.47. The molecule has 2 aliphatic rings. The molecule has 0 unspecified atom stereocenters. The van der Waals surface area contributed by atoms with Crippen molar-refractivity contribution in [3.05, 3.63) is 0 Å².